The molecule has 0 unspecified atom stereocenters. The van der Waals surface area contributed by atoms with E-state index in [1.54, 1.807) is 11.3 Å². The summed E-state index contributed by atoms with van der Waals surface area (Å²) >= 11 is 1.54. The van der Waals surface area contributed by atoms with Crippen LogP contribution in [0.1, 0.15) is 56.0 Å². The van der Waals surface area contributed by atoms with Gasteiger partial charge in [0.15, 0.2) is 0 Å². The van der Waals surface area contributed by atoms with Gasteiger partial charge in [-0.3, -0.25) is 4.79 Å². The highest BCUT2D eigenvalue weighted by molar-refractivity contribution is 7.09. The molecular formula is C11H18N2OS. The molecule has 4 heteroatoms. The number of carbonyl (C=O) groups is 1. The molecule has 1 heterocycles. The summed E-state index contributed by atoms with van der Waals surface area (Å²) in [5.74, 6) is 0.289. The Hall–Kier alpha value is -0.900. The normalized spacial score (nSPS) is 11.9. The van der Waals surface area contributed by atoms with Crippen LogP contribution in [0.15, 0.2) is 5.38 Å². The van der Waals surface area contributed by atoms with Crippen molar-refractivity contribution in [3.63, 3.8) is 0 Å². The minimum absolute atomic E-state index is 0.0920. The van der Waals surface area contributed by atoms with Crippen LogP contribution in [0.25, 0.3) is 0 Å². The Morgan fingerprint density at radius 1 is 1.47 bits per heavy atom. The fourth-order valence-corrected chi connectivity index (χ4v) is 1.88. The monoisotopic (exact) mass is 226 g/mol. The van der Waals surface area contributed by atoms with Crippen molar-refractivity contribution in [2.24, 2.45) is 0 Å². The van der Waals surface area contributed by atoms with Crippen LogP contribution < -0.4 is 5.32 Å². The van der Waals surface area contributed by atoms with Crippen LogP contribution in [-0.2, 0) is 0 Å². The second-order valence-electron chi connectivity index (χ2n) is 4.93. The molecule has 0 fully saturated rings. The van der Waals surface area contributed by atoms with E-state index in [9.17, 15) is 4.79 Å². The molecular weight excluding hydrogens is 208 g/mol. The molecule has 0 aliphatic heterocycles. The quantitative estimate of drug-likeness (QED) is 0.842. The summed E-state index contributed by atoms with van der Waals surface area (Å²) in [6.45, 7) is 10.0. The first kappa shape index (κ1) is 12.2. The lowest BCUT2D eigenvalue weighted by molar-refractivity contribution is 0.0915. The van der Waals surface area contributed by atoms with E-state index in [1.165, 1.54) is 0 Å². The number of nitrogens with one attached hydrogen (secondary N) is 1. The van der Waals surface area contributed by atoms with Gasteiger partial charge in [0.25, 0.3) is 5.91 Å². The number of carbonyl (C=O) groups excluding carboxylic acids is 1. The molecule has 1 amide bonds. The van der Waals surface area contributed by atoms with E-state index in [4.69, 9.17) is 0 Å². The summed E-state index contributed by atoms with van der Waals surface area (Å²) in [5.41, 5.74) is 0.317. The van der Waals surface area contributed by atoms with Crippen LogP contribution in [0.3, 0.4) is 0 Å². The van der Waals surface area contributed by atoms with Gasteiger partial charge in [-0.25, -0.2) is 4.98 Å². The van der Waals surface area contributed by atoms with Crippen LogP contribution in [0, 0.1) is 0 Å². The highest BCUT2D eigenvalue weighted by Gasteiger charge is 2.18. The number of nitrogens with zero attached hydrogens (tertiary/aromatic N) is 1. The largest absolute Gasteiger partial charge is 0.346 e. The molecule has 1 aromatic rings. The Labute approximate surface area is 94.9 Å². The molecule has 0 spiro atoms. The molecule has 0 saturated carbocycles. The number of hydrogen-bond donors (Lipinski definition) is 1. The van der Waals surface area contributed by atoms with Gasteiger partial charge in [0.05, 0.1) is 5.01 Å². The molecule has 1 rings (SSSR count). The maximum atomic E-state index is 11.7. The van der Waals surface area contributed by atoms with Crippen LogP contribution in [0.5, 0.6) is 0 Å². The van der Waals surface area contributed by atoms with Crippen molar-refractivity contribution in [1.82, 2.24) is 10.3 Å². The number of aromatic nitrogens is 1. The van der Waals surface area contributed by atoms with Gasteiger partial charge in [-0.2, -0.15) is 0 Å². The van der Waals surface area contributed by atoms with Crippen LogP contribution >= 0.6 is 11.3 Å². The molecule has 0 aromatic carbocycles. The summed E-state index contributed by atoms with van der Waals surface area (Å²) in [6, 6.07) is 0. The average molecular weight is 226 g/mol. The molecule has 1 N–H and O–H groups in total. The van der Waals surface area contributed by atoms with Gasteiger partial charge in [-0.05, 0) is 20.8 Å². The molecule has 15 heavy (non-hydrogen) atoms. The lowest BCUT2D eigenvalue weighted by Gasteiger charge is -2.19. The Morgan fingerprint density at radius 2 is 2.07 bits per heavy atom. The highest BCUT2D eigenvalue weighted by atomic mass is 32.1. The third-order valence-corrected chi connectivity index (χ3v) is 2.88. The standard InChI is InChI=1S/C11H18N2OS/c1-7(2)10-12-8(6-15-10)9(14)13-11(3,4)5/h6-7H,1-5H3,(H,13,14). The predicted octanol–water partition coefficient (Wildman–Crippen LogP) is 2.79. The third kappa shape index (κ3) is 3.63. The minimum Gasteiger partial charge on any atom is -0.346 e. The van der Waals surface area contributed by atoms with Gasteiger partial charge >= 0.3 is 0 Å². The molecule has 1 aromatic heterocycles. The van der Waals surface area contributed by atoms with E-state index >= 15 is 0 Å². The maximum Gasteiger partial charge on any atom is 0.271 e. The van der Waals surface area contributed by atoms with E-state index in [2.05, 4.69) is 24.1 Å². The maximum absolute atomic E-state index is 11.7. The van der Waals surface area contributed by atoms with Crippen molar-refractivity contribution in [3.05, 3.63) is 16.1 Å². The van der Waals surface area contributed by atoms with E-state index < -0.39 is 0 Å². The first-order valence-corrected chi connectivity index (χ1v) is 5.95. The predicted molar refractivity (Wildman–Crippen MR) is 63.4 cm³/mol. The van der Waals surface area contributed by atoms with Crippen molar-refractivity contribution in [1.29, 1.82) is 0 Å². The van der Waals surface area contributed by atoms with Gasteiger partial charge in [-0.1, -0.05) is 13.8 Å². The number of thiazole rings is 1. The van der Waals surface area contributed by atoms with Crippen LogP contribution in [-0.4, -0.2) is 16.4 Å². The lowest BCUT2D eigenvalue weighted by Crippen LogP contribution is -2.40. The van der Waals surface area contributed by atoms with Gasteiger partial charge < -0.3 is 5.32 Å². The molecule has 0 aliphatic rings. The first-order chi connectivity index (χ1) is 6.79. The lowest BCUT2D eigenvalue weighted by atomic mass is 10.1. The minimum atomic E-state index is -0.210. The van der Waals surface area contributed by atoms with E-state index in [1.807, 2.05) is 26.2 Å². The van der Waals surface area contributed by atoms with Crippen LogP contribution in [0.2, 0.25) is 0 Å². The SMILES string of the molecule is CC(C)c1nc(C(=O)NC(C)(C)C)cs1. The molecule has 3 nitrogen and oxygen atoms in total. The number of amides is 1. The van der Waals surface area contributed by atoms with E-state index in [-0.39, 0.29) is 11.4 Å². The van der Waals surface area contributed by atoms with Crippen molar-refractivity contribution < 1.29 is 4.79 Å². The zero-order valence-corrected chi connectivity index (χ0v) is 10.7. The van der Waals surface area contributed by atoms with Gasteiger partial charge in [-0.15, -0.1) is 11.3 Å². The van der Waals surface area contributed by atoms with E-state index in [0.29, 0.717) is 11.6 Å². The molecule has 84 valence electrons. The summed E-state index contributed by atoms with van der Waals surface area (Å²) in [6.07, 6.45) is 0. The third-order valence-electron chi connectivity index (χ3n) is 1.74. The summed E-state index contributed by atoms with van der Waals surface area (Å²) in [5, 5.41) is 5.72. The van der Waals surface area contributed by atoms with Gasteiger partial charge in [0, 0.05) is 16.8 Å². The fraction of sp³-hybridized carbons (Fsp3) is 0.636. The second kappa shape index (κ2) is 4.31. The average Bonchev–Trinajstić information content (AvgIpc) is 2.47. The van der Waals surface area contributed by atoms with Crippen molar-refractivity contribution in [2.45, 2.75) is 46.1 Å². The van der Waals surface area contributed by atoms with Crippen LogP contribution in [0.4, 0.5) is 0 Å². The second-order valence-corrected chi connectivity index (χ2v) is 5.82. The Morgan fingerprint density at radius 3 is 2.47 bits per heavy atom. The Balaban J connectivity index is 2.75. The molecule has 0 bridgehead atoms. The van der Waals surface area contributed by atoms with Crippen molar-refractivity contribution in [3.8, 4) is 0 Å². The topological polar surface area (TPSA) is 42.0 Å². The zero-order valence-electron chi connectivity index (χ0n) is 9.92. The summed E-state index contributed by atoms with van der Waals surface area (Å²) in [4.78, 5) is 16.0. The van der Waals surface area contributed by atoms with Gasteiger partial charge in [0.2, 0.25) is 0 Å². The Bertz CT molecular complexity index is 350. The van der Waals surface area contributed by atoms with Gasteiger partial charge in [0.1, 0.15) is 5.69 Å². The highest BCUT2D eigenvalue weighted by Crippen LogP contribution is 2.19. The fourth-order valence-electron chi connectivity index (χ4n) is 1.06. The molecule has 0 radical (unpaired) electrons. The molecule has 0 atom stereocenters. The first-order valence-electron chi connectivity index (χ1n) is 5.07. The molecule has 0 aliphatic carbocycles. The number of rotatable bonds is 2. The number of hydrogen-bond acceptors (Lipinski definition) is 3. The Kier molecular flexibility index (Phi) is 3.50. The van der Waals surface area contributed by atoms with Crippen molar-refractivity contribution >= 4 is 17.2 Å². The smallest absolute Gasteiger partial charge is 0.271 e. The molecule has 0 saturated heterocycles. The van der Waals surface area contributed by atoms with Crippen molar-refractivity contribution in [2.75, 3.05) is 0 Å². The summed E-state index contributed by atoms with van der Waals surface area (Å²) in [7, 11) is 0. The van der Waals surface area contributed by atoms with E-state index in [0.717, 1.165) is 5.01 Å². The summed E-state index contributed by atoms with van der Waals surface area (Å²) < 4.78 is 0. The zero-order chi connectivity index (χ0) is 11.6.